The Morgan fingerprint density at radius 2 is 1.76 bits per heavy atom. The second kappa shape index (κ2) is 5.49. The maximum atomic E-state index is 5.91. The highest BCUT2D eigenvalue weighted by atomic mass is 32.1. The SMILES string of the molecule is Cc1cc(C)cc(Oc2cc3scc(C(C)C)c3cn2)c1. The van der Waals surface area contributed by atoms with Gasteiger partial charge in [0.05, 0.1) is 0 Å². The first kappa shape index (κ1) is 14.1. The number of ether oxygens (including phenoxy) is 1. The zero-order valence-electron chi connectivity index (χ0n) is 12.8. The number of aryl methyl sites for hydroxylation is 2. The lowest BCUT2D eigenvalue weighted by Crippen LogP contribution is -1.90. The summed E-state index contributed by atoms with van der Waals surface area (Å²) in [5.74, 6) is 2.02. The van der Waals surface area contributed by atoms with Gasteiger partial charge in [0.15, 0.2) is 0 Å². The standard InChI is InChI=1S/C18H19NOS/c1-11(2)16-10-21-17-8-18(19-9-15(16)17)20-14-6-12(3)5-13(4)7-14/h5-11H,1-4H3. The van der Waals surface area contributed by atoms with Gasteiger partial charge in [-0.3, -0.25) is 0 Å². The number of aromatic nitrogens is 1. The number of rotatable bonds is 3. The van der Waals surface area contributed by atoms with E-state index in [-0.39, 0.29) is 0 Å². The third-order valence-corrected chi connectivity index (χ3v) is 4.47. The molecule has 3 rings (SSSR count). The van der Waals surface area contributed by atoms with Gasteiger partial charge in [-0.05, 0) is 54.0 Å². The predicted molar refractivity (Wildman–Crippen MR) is 89.7 cm³/mol. The molecule has 3 aromatic rings. The van der Waals surface area contributed by atoms with Gasteiger partial charge in [-0.15, -0.1) is 11.3 Å². The summed E-state index contributed by atoms with van der Waals surface area (Å²) in [5, 5.41) is 3.46. The molecule has 2 aromatic heterocycles. The summed E-state index contributed by atoms with van der Waals surface area (Å²) in [7, 11) is 0. The van der Waals surface area contributed by atoms with Crippen molar-refractivity contribution < 1.29 is 4.74 Å². The van der Waals surface area contributed by atoms with Crippen molar-refractivity contribution in [3.63, 3.8) is 0 Å². The molecule has 2 heterocycles. The third-order valence-electron chi connectivity index (χ3n) is 3.50. The van der Waals surface area contributed by atoms with Gasteiger partial charge in [-0.25, -0.2) is 4.98 Å². The number of pyridine rings is 1. The average molecular weight is 297 g/mol. The van der Waals surface area contributed by atoms with Crippen molar-refractivity contribution in [3.05, 3.63) is 52.5 Å². The molecule has 0 aliphatic rings. The molecule has 1 aromatic carbocycles. The molecule has 0 fully saturated rings. The van der Waals surface area contributed by atoms with Crippen LogP contribution in [0.4, 0.5) is 0 Å². The molecule has 0 radical (unpaired) electrons. The van der Waals surface area contributed by atoms with E-state index in [0.717, 1.165) is 5.75 Å². The van der Waals surface area contributed by atoms with E-state index < -0.39 is 0 Å². The highest BCUT2D eigenvalue weighted by Gasteiger charge is 2.10. The van der Waals surface area contributed by atoms with E-state index >= 15 is 0 Å². The number of fused-ring (bicyclic) bond motifs is 1. The van der Waals surface area contributed by atoms with Crippen molar-refractivity contribution >= 4 is 21.4 Å². The molecule has 0 aliphatic heterocycles. The van der Waals surface area contributed by atoms with Gasteiger partial charge >= 0.3 is 0 Å². The minimum absolute atomic E-state index is 0.520. The Labute approximate surface area is 129 Å². The van der Waals surface area contributed by atoms with Crippen LogP contribution < -0.4 is 4.74 Å². The summed E-state index contributed by atoms with van der Waals surface area (Å²) in [6.45, 7) is 8.57. The summed E-state index contributed by atoms with van der Waals surface area (Å²) >= 11 is 1.75. The van der Waals surface area contributed by atoms with Crippen LogP contribution in [-0.4, -0.2) is 4.98 Å². The summed E-state index contributed by atoms with van der Waals surface area (Å²) in [6, 6.07) is 8.24. The van der Waals surface area contributed by atoms with Crippen LogP contribution in [-0.2, 0) is 0 Å². The minimum Gasteiger partial charge on any atom is -0.439 e. The van der Waals surface area contributed by atoms with Crippen LogP contribution in [0.25, 0.3) is 10.1 Å². The fraction of sp³-hybridized carbons (Fsp3) is 0.278. The minimum atomic E-state index is 0.520. The van der Waals surface area contributed by atoms with Crippen molar-refractivity contribution in [3.8, 4) is 11.6 Å². The topological polar surface area (TPSA) is 22.1 Å². The molecule has 21 heavy (non-hydrogen) atoms. The smallest absolute Gasteiger partial charge is 0.220 e. The van der Waals surface area contributed by atoms with Crippen molar-refractivity contribution in [2.75, 3.05) is 0 Å². The first-order valence-electron chi connectivity index (χ1n) is 7.16. The first-order valence-corrected chi connectivity index (χ1v) is 8.04. The van der Waals surface area contributed by atoms with Crippen LogP contribution in [0.3, 0.4) is 0 Å². The molecule has 3 heteroatoms. The maximum absolute atomic E-state index is 5.91. The number of thiophene rings is 1. The Kier molecular flexibility index (Phi) is 3.68. The normalized spacial score (nSPS) is 11.3. The van der Waals surface area contributed by atoms with Gasteiger partial charge in [0, 0.05) is 22.3 Å². The fourth-order valence-electron chi connectivity index (χ4n) is 2.54. The van der Waals surface area contributed by atoms with Crippen molar-refractivity contribution in [1.82, 2.24) is 4.98 Å². The predicted octanol–water partition coefficient (Wildman–Crippen LogP) is 5.83. The third kappa shape index (κ3) is 2.93. The molecule has 0 amide bonds. The molecule has 0 N–H and O–H groups in total. The monoisotopic (exact) mass is 297 g/mol. The average Bonchev–Trinajstić information content (AvgIpc) is 2.80. The van der Waals surface area contributed by atoms with Crippen molar-refractivity contribution in [2.45, 2.75) is 33.6 Å². The van der Waals surface area contributed by atoms with Crippen LogP contribution in [0.15, 0.2) is 35.8 Å². The highest BCUT2D eigenvalue weighted by Crippen LogP contribution is 2.33. The fourth-order valence-corrected chi connectivity index (χ4v) is 3.66. The van der Waals surface area contributed by atoms with Gasteiger partial charge in [0.25, 0.3) is 0 Å². The zero-order chi connectivity index (χ0) is 15.0. The van der Waals surface area contributed by atoms with E-state index in [2.05, 4.69) is 44.1 Å². The van der Waals surface area contributed by atoms with Crippen molar-refractivity contribution in [1.29, 1.82) is 0 Å². The van der Waals surface area contributed by atoms with Crippen LogP contribution in [0, 0.1) is 13.8 Å². The Balaban J connectivity index is 1.94. The molecule has 0 saturated carbocycles. The second-order valence-corrected chi connectivity index (χ2v) is 6.70. The zero-order valence-corrected chi connectivity index (χ0v) is 13.6. The van der Waals surface area contributed by atoms with E-state index in [4.69, 9.17) is 4.74 Å². The van der Waals surface area contributed by atoms with E-state index in [1.807, 2.05) is 24.4 Å². The lowest BCUT2D eigenvalue weighted by atomic mass is 10.0. The molecule has 2 nitrogen and oxygen atoms in total. The maximum Gasteiger partial charge on any atom is 0.220 e. The molecule has 0 bridgehead atoms. The summed E-state index contributed by atoms with van der Waals surface area (Å²) in [5.41, 5.74) is 3.76. The molecular formula is C18H19NOS. The molecule has 0 spiro atoms. The van der Waals surface area contributed by atoms with Gasteiger partial charge in [-0.1, -0.05) is 19.9 Å². The first-order chi connectivity index (χ1) is 10.0. The molecule has 0 saturated heterocycles. The van der Waals surface area contributed by atoms with E-state index in [1.165, 1.54) is 26.8 Å². The summed E-state index contributed by atoms with van der Waals surface area (Å²) < 4.78 is 7.14. The quantitative estimate of drug-likeness (QED) is 0.607. The number of nitrogens with zero attached hydrogens (tertiary/aromatic N) is 1. The van der Waals surface area contributed by atoms with Gasteiger partial charge in [0.1, 0.15) is 5.75 Å². The van der Waals surface area contributed by atoms with Gasteiger partial charge < -0.3 is 4.74 Å². The van der Waals surface area contributed by atoms with E-state index in [9.17, 15) is 0 Å². The molecule has 0 aliphatic carbocycles. The van der Waals surface area contributed by atoms with Crippen LogP contribution in [0.1, 0.15) is 36.5 Å². The second-order valence-electron chi connectivity index (χ2n) is 5.79. The number of hydrogen-bond acceptors (Lipinski definition) is 3. The Morgan fingerprint density at radius 3 is 2.43 bits per heavy atom. The molecule has 0 unspecified atom stereocenters. The Bertz CT molecular complexity index is 769. The summed E-state index contributed by atoms with van der Waals surface area (Å²) in [4.78, 5) is 4.46. The molecular weight excluding hydrogens is 278 g/mol. The molecule has 0 atom stereocenters. The molecule has 108 valence electrons. The van der Waals surface area contributed by atoms with E-state index in [0.29, 0.717) is 11.8 Å². The highest BCUT2D eigenvalue weighted by molar-refractivity contribution is 7.17. The van der Waals surface area contributed by atoms with Crippen LogP contribution in [0.2, 0.25) is 0 Å². The lowest BCUT2D eigenvalue weighted by molar-refractivity contribution is 0.463. The number of benzene rings is 1. The largest absolute Gasteiger partial charge is 0.439 e. The van der Waals surface area contributed by atoms with Crippen molar-refractivity contribution in [2.24, 2.45) is 0 Å². The summed E-state index contributed by atoms with van der Waals surface area (Å²) in [6.07, 6.45) is 1.93. The Morgan fingerprint density at radius 1 is 1.05 bits per heavy atom. The van der Waals surface area contributed by atoms with E-state index in [1.54, 1.807) is 11.3 Å². The lowest BCUT2D eigenvalue weighted by Gasteiger charge is -2.07. The number of hydrogen-bond donors (Lipinski definition) is 0. The van der Waals surface area contributed by atoms with Crippen LogP contribution >= 0.6 is 11.3 Å². The van der Waals surface area contributed by atoms with Gasteiger partial charge in [-0.2, -0.15) is 0 Å². The Hall–Kier alpha value is -1.87. The van der Waals surface area contributed by atoms with Gasteiger partial charge in [0.2, 0.25) is 5.88 Å². The van der Waals surface area contributed by atoms with Crippen LogP contribution in [0.5, 0.6) is 11.6 Å².